The highest BCUT2D eigenvalue weighted by atomic mass is 19.1. The van der Waals surface area contributed by atoms with Crippen LogP contribution in [-0.2, 0) is 4.74 Å². The van der Waals surface area contributed by atoms with E-state index in [2.05, 4.69) is 20.5 Å². The maximum Gasteiger partial charge on any atom is 0.273 e. The van der Waals surface area contributed by atoms with E-state index in [-0.39, 0.29) is 17.3 Å². The van der Waals surface area contributed by atoms with Crippen LogP contribution < -0.4 is 5.32 Å². The van der Waals surface area contributed by atoms with Crippen LogP contribution >= 0.6 is 0 Å². The van der Waals surface area contributed by atoms with Gasteiger partial charge < -0.3 is 10.1 Å². The molecular formula is C18H24FN5O2. The number of rotatable bonds is 6. The van der Waals surface area contributed by atoms with Crippen molar-refractivity contribution in [1.29, 1.82) is 0 Å². The van der Waals surface area contributed by atoms with Crippen molar-refractivity contribution in [2.24, 2.45) is 0 Å². The van der Waals surface area contributed by atoms with Crippen LogP contribution in [0.2, 0.25) is 0 Å². The molecule has 1 saturated heterocycles. The Hall–Kier alpha value is -2.32. The molecule has 1 aromatic carbocycles. The van der Waals surface area contributed by atoms with Crippen molar-refractivity contribution < 1.29 is 13.9 Å². The van der Waals surface area contributed by atoms with Gasteiger partial charge in [0.1, 0.15) is 11.5 Å². The number of halogens is 1. The van der Waals surface area contributed by atoms with Gasteiger partial charge in [-0.05, 0) is 44.5 Å². The fraction of sp³-hybridized carbons (Fsp3) is 0.500. The number of nitrogens with one attached hydrogen (secondary N) is 1. The lowest BCUT2D eigenvalue weighted by Crippen LogP contribution is -2.38. The first-order chi connectivity index (χ1) is 12.6. The van der Waals surface area contributed by atoms with E-state index in [0.717, 1.165) is 44.8 Å². The number of hydrogen-bond acceptors (Lipinski definition) is 5. The van der Waals surface area contributed by atoms with Crippen LogP contribution in [0.4, 0.5) is 4.39 Å². The van der Waals surface area contributed by atoms with Crippen LogP contribution in [0.1, 0.15) is 28.2 Å². The van der Waals surface area contributed by atoms with E-state index in [9.17, 15) is 9.18 Å². The SMILES string of the molecule is Cc1ccc(-n2nnc(C(=O)NCCCN3CCOCC3)c2C)c(F)c1. The van der Waals surface area contributed by atoms with E-state index in [4.69, 9.17) is 4.74 Å². The van der Waals surface area contributed by atoms with Gasteiger partial charge in [-0.3, -0.25) is 9.69 Å². The maximum atomic E-state index is 14.1. The third-order valence-corrected chi connectivity index (χ3v) is 4.48. The molecule has 7 nitrogen and oxygen atoms in total. The van der Waals surface area contributed by atoms with Crippen LogP contribution in [-0.4, -0.2) is 65.2 Å². The van der Waals surface area contributed by atoms with Gasteiger partial charge in [0.2, 0.25) is 0 Å². The average Bonchev–Trinajstić information content (AvgIpc) is 3.01. The summed E-state index contributed by atoms with van der Waals surface area (Å²) in [6.45, 7) is 8.41. The van der Waals surface area contributed by atoms with Gasteiger partial charge in [0.15, 0.2) is 5.69 Å². The van der Waals surface area contributed by atoms with Crippen molar-refractivity contribution in [3.8, 4) is 5.69 Å². The van der Waals surface area contributed by atoms with E-state index >= 15 is 0 Å². The molecule has 8 heteroatoms. The average molecular weight is 361 g/mol. The Balaban J connectivity index is 1.57. The molecule has 0 saturated carbocycles. The Labute approximate surface area is 152 Å². The molecule has 0 atom stereocenters. The molecule has 1 N–H and O–H groups in total. The number of carbonyl (C=O) groups excluding carboxylic acids is 1. The molecule has 3 rings (SSSR count). The minimum Gasteiger partial charge on any atom is -0.379 e. The van der Waals surface area contributed by atoms with Crippen LogP contribution in [0.15, 0.2) is 18.2 Å². The zero-order valence-electron chi connectivity index (χ0n) is 15.2. The molecule has 1 fully saturated rings. The monoisotopic (exact) mass is 361 g/mol. The predicted octanol–water partition coefficient (Wildman–Crippen LogP) is 1.48. The van der Waals surface area contributed by atoms with Gasteiger partial charge in [-0.15, -0.1) is 5.10 Å². The van der Waals surface area contributed by atoms with Gasteiger partial charge in [0.05, 0.1) is 18.9 Å². The summed E-state index contributed by atoms with van der Waals surface area (Å²) in [5.74, 6) is -0.682. The first-order valence-electron chi connectivity index (χ1n) is 8.83. The number of amides is 1. The molecule has 0 bridgehead atoms. The van der Waals surface area contributed by atoms with Crippen molar-refractivity contribution in [2.45, 2.75) is 20.3 Å². The normalized spacial score (nSPS) is 15.2. The summed E-state index contributed by atoms with van der Waals surface area (Å²) in [4.78, 5) is 14.7. The number of aromatic nitrogens is 3. The Morgan fingerprint density at radius 2 is 2.08 bits per heavy atom. The van der Waals surface area contributed by atoms with Crippen LogP contribution in [0.25, 0.3) is 5.69 Å². The van der Waals surface area contributed by atoms with Crippen LogP contribution in [0.5, 0.6) is 0 Å². The van der Waals surface area contributed by atoms with Crippen molar-refractivity contribution in [2.75, 3.05) is 39.4 Å². The first kappa shape index (κ1) is 18.5. The highest BCUT2D eigenvalue weighted by Crippen LogP contribution is 2.17. The lowest BCUT2D eigenvalue weighted by Gasteiger charge is -2.26. The van der Waals surface area contributed by atoms with Gasteiger partial charge in [-0.1, -0.05) is 11.3 Å². The van der Waals surface area contributed by atoms with Crippen LogP contribution in [0, 0.1) is 19.7 Å². The molecule has 26 heavy (non-hydrogen) atoms. The van der Waals surface area contributed by atoms with Gasteiger partial charge in [-0.2, -0.15) is 0 Å². The number of ether oxygens (including phenoxy) is 1. The maximum absolute atomic E-state index is 14.1. The molecule has 0 spiro atoms. The Morgan fingerprint density at radius 1 is 1.31 bits per heavy atom. The fourth-order valence-electron chi connectivity index (χ4n) is 2.96. The van der Waals surface area contributed by atoms with Crippen molar-refractivity contribution in [3.05, 3.63) is 41.0 Å². The largest absolute Gasteiger partial charge is 0.379 e. The van der Waals surface area contributed by atoms with Gasteiger partial charge in [-0.25, -0.2) is 9.07 Å². The quantitative estimate of drug-likeness (QED) is 0.789. The second-order valence-electron chi connectivity index (χ2n) is 6.45. The molecule has 140 valence electrons. The summed E-state index contributed by atoms with van der Waals surface area (Å²) in [5, 5.41) is 10.7. The molecule has 0 aliphatic carbocycles. The van der Waals surface area contributed by atoms with E-state index in [1.54, 1.807) is 19.1 Å². The lowest BCUT2D eigenvalue weighted by molar-refractivity contribution is 0.0374. The number of benzene rings is 1. The molecule has 1 aromatic heterocycles. The van der Waals surface area contributed by atoms with Gasteiger partial charge in [0, 0.05) is 19.6 Å². The molecule has 2 aromatic rings. The summed E-state index contributed by atoms with van der Waals surface area (Å²) in [7, 11) is 0. The zero-order chi connectivity index (χ0) is 18.5. The first-order valence-corrected chi connectivity index (χ1v) is 8.83. The van der Waals surface area contributed by atoms with E-state index in [1.807, 2.05) is 6.92 Å². The third-order valence-electron chi connectivity index (χ3n) is 4.48. The summed E-state index contributed by atoms with van der Waals surface area (Å²) in [5.41, 5.74) is 1.84. The second-order valence-corrected chi connectivity index (χ2v) is 6.45. The number of morpholine rings is 1. The summed E-state index contributed by atoms with van der Waals surface area (Å²) < 4.78 is 20.8. The molecule has 2 heterocycles. The van der Waals surface area contributed by atoms with E-state index < -0.39 is 5.82 Å². The predicted molar refractivity (Wildman–Crippen MR) is 95.0 cm³/mol. The number of nitrogens with zero attached hydrogens (tertiary/aromatic N) is 4. The molecule has 0 unspecified atom stereocenters. The minimum atomic E-state index is -0.393. The molecule has 1 aliphatic rings. The smallest absolute Gasteiger partial charge is 0.273 e. The van der Waals surface area contributed by atoms with Crippen molar-refractivity contribution in [1.82, 2.24) is 25.2 Å². The Morgan fingerprint density at radius 3 is 2.81 bits per heavy atom. The Bertz CT molecular complexity index is 771. The fourth-order valence-corrected chi connectivity index (χ4v) is 2.96. The van der Waals surface area contributed by atoms with E-state index in [0.29, 0.717) is 12.2 Å². The molecule has 0 radical (unpaired) electrons. The number of hydrogen-bond donors (Lipinski definition) is 1. The molecule has 1 amide bonds. The van der Waals surface area contributed by atoms with Gasteiger partial charge in [0.25, 0.3) is 5.91 Å². The minimum absolute atomic E-state index is 0.219. The second kappa shape index (κ2) is 8.37. The Kier molecular flexibility index (Phi) is 5.95. The standard InChI is InChI=1S/C18H24FN5O2/c1-13-4-5-16(15(19)12-13)24-14(2)17(21-22-24)18(25)20-6-3-7-23-8-10-26-11-9-23/h4-5,12H,3,6-11H2,1-2H3,(H,20,25). The highest BCUT2D eigenvalue weighted by Gasteiger charge is 2.19. The van der Waals surface area contributed by atoms with Gasteiger partial charge >= 0.3 is 0 Å². The third kappa shape index (κ3) is 4.25. The molecular weight excluding hydrogens is 337 g/mol. The number of carbonyl (C=O) groups is 1. The van der Waals surface area contributed by atoms with Crippen LogP contribution in [0.3, 0.4) is 0 Å². The summed E-state index contributed by atoms with van der Waals surface area (Å²) in [6, 6.07) is 4.86. The molecule has 1 aliphatic heterocycles. The van der Waals surface area contributed by atoms with Crippen molar-refractivity contribution in [3.63, 3.8) is 0 Å². The zero-order valence-corrected chi connectivity index (χ0v) is 15.2. The highest BCUT2D eigenvalue weighted by molar-refractivity contribution is 5.93. The number of aryl methyl sites for hydroxylation is 1. The topological polar surface area (TPSA) is 72.3 Å². The summed E-state index contributed by atoms with van der Waals surface area (Å²) in [6.07, 6.45) is 0.853. The van der Waals surface area contributed by atoms with E-state index in [1.165, 1.54) is 10.7 Å². The van der Waals surface area contributed by atoms with Crippen molar-refractivity contribution >= 4 is 5.91 Å². The summed E-state index contributed by atoms with van der Waals surface area (Å²) >= 11 is 0. The lowest BCUT2D eigenvalue weighted by atomic mass is 10.2.